The van der Waals surface area contributed by atoms with E-state index in [-0.39, 0.29) is 24.5 Å². The number of nitrogens with zero attached hydrogens (tertiary/aromatic N) is 2. The summed E-state index contributed by atoms with van der Waals surface area (Å²) in [7, 11) is 0. The quantitative estimate of drug-likeness (QED) is 0.425. The Bertz CT molecular complexity index is 449. The minimum atomic E-state index is -0.671. The number of benzene rings is 1. The van der Waals surface area contributed by atoms with Gasteiger partial charge in [0.2, 0.25) is 0 Å². The second kappa shape index (κ2) is 6.62. The molecule has 0 aliphatic rings. The van der Waals surface area contributed by atoms with Crippen LogP contribution in [0.25, 0.3) is 0 Å². The van der Waals surface area contributed by atoms with E-state index in [0.29, 0.717) is 18.5 Å². The topological polar surface area (TPSA) is 119 Å². The number of non-ortho nitro benzene ring substituents is 1. The third-order valence-corrected chi connectivity index (χ3v) is 2.30. The van der Waals surface area contributed by atoms with Crippen LogP contribution in [0.4, 0.5) is 11.4 Å². The number of nitro benzene ring substituents is 2. The van der Waals surface area contributed by atoms with Gasteiger partial charge in [-0.3, -0.25) is 20.2 Å². The molecule has 0 aliphatic carbocycles. The smallest absolute Gasteiger partial charge is 0.280 e. The minimum absolute atomic E-state index is 0.0371. The molecule has 0 atom stereocenters. The number of hydrogen-bond acceptors (Lipinski definition) is 6. The van der Waals surface area contributed by atoms with Crippen molar-refractivity contribution in [3.63, 3.8) is 0 Å². The SMILES string of the molecule is O=[N+]([O-])c1ccc(CNCCCO)c([N+](=O)[O-])c1. The van der Waals surface area contributed by atoms with Crippen molar-refractivity contribution in [1.82, 2.24) is 5.32 Å². The van der Waals surface area contributed by atoms with Crippen LogP contribution in [0.2, 0.25) is 0 Å². The Morgan fingerprint density at radius 3 is 2.50 bits per heavy atom. The van der Waals surface area contributed by atoms with Gasteiger partial charge in [-0.1, -0.05) is 0 Å². The van der Waals surface area contributed by atoms with Gasteiger partial charge >= 0.3 is 0 Å². The third-order valence-electron chi connectivity index (χ3n) is 2.30. The Hall–Kier alpha value is -2.06. The van der Waals surface area contributed by atoms with Crippen molar-refractivity contribution in [1.29, 1.82) is 0 Å². The summed E-state index contributed by atoms with van der Waals surface area (Å²) in [6, 6.07) is 3.54. The second-order valence-corrected chi connectivity index (χ2v) is 3.58. The zero-order chi connectivity index (χ0) is 13.5. The largest absolute Gasteiger partial charge is 0.396 e. The molecule has 0 heterocycles. The van der Waals surface area contributed by atoms with E-state index < -0.39 is 9.85 Å². The van der Waals surface area contributed by atoms with Crippen LogP contribution in [-0.2, 0) is 6.54 Å². The van der Waals surface area contributed by atoms with E-state index in [1.54, 1.807) is 0 Å². The monoisotopic (exact) mass is 255 g/mol. The van der Waals surface area contributed by atoms with E-state index in [2.05, 4.69) is 5.32 Å². The molecule has 0 spiro atoms. The molecular weight excluding hydrogens is 242 g/mol. The normalized spacial score (nSPS) is 10.3. The summed E-state index contributed by atoms with van der Waals surface area (Å²) >= 11 is 0. The molecule has 0 saturated heterocycles. The molecule has 0 saturated carbocycles. The molecule has 8 nitrogen and oxygen atoms in total. The van der Waals surface area contributed by atoms with Crippen LogP contribution < -0.4 is 5.32 Å². The van der Waals surface area contributed by atoms with E-state index in [1.165, 1.54) is 12.1 Å². The van der Waals surface area contributed by atoms with Crippen molar-refractivity contribution in [3.05, 3.63) is 44.0 Å². The highest BCUT2D eigenvalue weighted by Gasteiger charge is 2.18. The Morgan fingerprint density at radius 1 is 1.22 bits per heavy atom. The van der Waals surface area contributed by atoms with Crippen LogP contribution in [0.3, 0.4) is 0 Å². The summed E-state index contributed by atoms with van der Waals surface area (Å²) in [6.45, 7) is 0.786. The first-order chi connectivity index (χ1) is 8.56. The summed E-state index contributed by atoms with van der Waals surface area (Å²) in [4.78, 5) is 20.0. The minimum Gasteiger partial charge on any atom is -0.396 e. The molecule has 0 bridgehead atoms. The second-order valence-electron chi connectivity index (χ2n) is 3.58. The van der Waals surface area contributed by atoms with E-state index in [9.17, 15) is 20.2 Å². The van der Waals surface area contributed by atoms with Crippen molar-refractivity contribution < 1.29 is 15.0 Å². The van der Waals surface area contributed by atoms with E-state index >= 15 is 0 Å². The van der Waals surface area contributed by atoms with Gasteiger partial charge in [0, 0.05) is 24.8 Å². The highest BCUT2D eigenvalue weighted by molar-refractivity contribution is 5.49. The molecule has 0 unspecified atom stereocenters. The maximum absolute atomic E-state index is 10.8. The van der Waals surface area contributed by atoms with Crippen LogP contribution in [0.5, 0.6) is 0 Å². The number of aliphatic hydroxyl groups is 1. The molecular formula is C10H13N3O5. The summed E-state index contributed by atoms with van der Waals surface area (Å²) in [5.41, 5.74) is -0.204. The standard InChI is InChI=1S/C10H13N3O5/c14-5-1-4-11-7-8-2-3-9(12(15)16)6-10(8)13(17)18/h2-3,6,11,14H,1,4-5,7H2. The van der Waals surface area contributed by atoms with E-state index in [0.717, 1.165) is 6.07 Å². The molecule has 0 aromatic heterocycles. The molecule has 1 rings (SSSR count). The predicted octanol–water partition coefficient (Wildman–Crippen LogP) is 0.975. The number of aliphatic hydroxyl groups excluding tert-OH is 1. The fourth-order valence-corrected chi connectivity index (χ4v) is 1.41. The van der Waals surface area contributed by atoms with Gasteiger partial charge in [-0.2, -0.15) is 0 Å². The van der Waals surface area contributed by atoms with Gasteiger partial charge in [-0.15, -0.1) is 0 Å². The number of nitro groups is 2. The Kier molecular flexibility index (Phi) is 5.15. The molecule has 0 fully saturated rings. The van der Waals surface area contributed by atoms with Gasteiger partial charge in [0.25, 0.3) is 11.4 Å². The molecule has 1 aromatic rings. The molecule has 1 aromatic carbocycles. The van der Waals surface area contributed by atoms with Crippen LogP contribution >= 0.6 is 0 Å². The fourth-order valence-electron chi connectivity index (χ4n) is 1.41. The molecule has 0 radical (unpaired) electrons. The first kappa shape index (κ1) is 14.0. The van der Waals surface area contributed by atoms with Crippen molar-refractivity contribution >= 4 is 11.4 Å². The lowest BCUT2D eigenvalue weighted by molar-refractivity contribution is -0.394. The van der Waals surface area contributed by atoms with Crippen molar-refractivity contribution in [2.45, 2.75) is 13.0 Å². The van der Waals surface area contributed by atoms with Crippen molar-refractivity contribution in [2.75, 3.05) is 13.2 Å². The average Bonchev–Trinajstić information content (AvgIpc) is 2.34. The molecule has 98 valence electrons. The van der Waals surface area contributed by atoms with Gasteiger partial charge < -0.3 is 10.4 Å². The first-order valence-corrected chi connectivity index (χ1v) is 5.29. The summed E-state index contributed by atoms with van der Waals surface area (Å²) in [5.74, 6) is 0. The van der Waals surface area contributed by atoms with Crippen LogP contribution in [-0.4, -0.2) is 28.1 Å². The lowest BCUT2D eigenvalue weighted by atomic mass is 10.1. The number of rotatable bonds is 7. The number of hydrogen-bond donors (Lipinski definition) is 2. The summed E-state index contributed by atoms with van der Waals surface area (Å²) in [6.07, 6.45) is 0.542. The van der Waals surface area contributed by atoms with Crippen LogP contribution in [0.15, 0.2) is 18.2 Å². The maximum Gasteiger partial charge on any atom is 0.280 e. The first-order valence-electron chi connectivity index (χ1n) is 5.29. The highest BCUT2D eigenvalue weighted by Crippen LogP contribution is 2.24. The molecule has 0 amide bonds. The highest BCUT2D eigenvalue weighted by atomic mass is 16.6. The molecule has 2 N–H and O–H groups in total. The van der Waals surface area contributed by atoms with Crippen LogP contribution in [0.1, 0.15) is 12.0 Å². The van der Waals surface area contributed by atoms with Gasteiger partial charge in [0.15, 0.2) is 0 Å². The van der Waals surface area contributed by atoms with Crippen molar-refractivity contribution in [3.8, 4) is 0 Å². The zero-order valence-electron chi connectivity index (χ0n) is 9.54. The van der Waals surface area contributed by atoms with Gasteiger partial charge in [0.1, 0.15) is 0 Å². The van der Waals surface area contributed by atoms with E-state index in [1.807, 2.05) is 0 Å². The Labute approximate surface area is 103 Å². The summed E-state index contributed by atoms with van der Waals surface area (Å²) < 4.78 is 0. The molecule has 8 heteroatoms. The van der Waals surface area contributed by atoms with E-state index in [4.69, 9.17) is 5.11 Å². The lowest BCUT2D eigenvalue weighted by Crippen LogP contribution is -2.16. The van der Waals surface area contributed by atoms with Gasteiger partial charge in [-0.05, 0) is 19.0 Å². The molecule has 18 heavy (non-hydrogen) atoms. The molecule has 0 aliphatic heterocycles. The zero-order valence-corrected chi connectivity index (χ0v) is 9.54. The predicted molar refractivity (Wildman–Crippen MR) is 63.2 cm³/mol. The Morgan fingerprint density at radius 2 is 1.94 bits per heavy atom. The van der Waals surface area contributed by atoms with Gasteiger partial charge in [-0.25, -0.2) is 0 Å². The average molecular weight is 255 g/mol. The summed E-state index contributed by atoms with van der Waals surface area (Å²) in [5, 5.41) is 32.8. The Balaban J connectivity index is 2.83. The lowest BCUT2D eigenvalue weighted by Gasteiger charge is -2.04. The van der Waals surface area contributed by atoms with Crippen LogP contribution in [0, 0.1) is 20.2 Å². The van der Waals surface area contributed by atoms with Crippen molar-refractivity contribution in [2.24, 2.45) is 0 Å². The fraction of sp³-hybridized carbons (Fsp3) is 0.400. The maximum atomic E-state index is 10.8. The van der Waals surface area contributed by atoms with Gasteiger partial charge in [0.05, 0.1) is 15.9 Å². The third kappa shape index (κ3) is 3.75. The number of nitrogens with one attached hydrogen (secondary N) is 1.